The first kappa shape index (κ1) is 18.6. The monoisotopic (exact) mass is 395 g/mol. The second kappa shape index (κ2) is 7.76. The first-order chi connectivity index (χ1) is 14.7. The predicted octanol–water partition coefficient (Wildman–Crippen LogP) is 5.62. The lowest BCUT2D eigenvalue weighted by molar-refractivity contribution is 0.320. The Morgan fingerprint density at radius 3 is 2.43 bits per heavy atom. The van der Waals surface area contributed by atoms with Crippen molar-refractivity contribution in [1.82, 2.24) is 24.8 Å². The molecule has 0 unspecified atom stereocenters. The van der Waals surface area contributed by atoms with E-state index in [4.69, 9.17) is 0 Å². The van der Waals surface area contributed by atoms with Crippen LogP contribution in [0.25, 0.3) is 44.2 Å². The number of aromatic nitrogens is 4. The standard InChI is InChI=1S/C25H25N5/c1-3-10-30(2)15-25-26-14-24(29-25)21-7-6-17-11-18(4-5-19(17)12-21)20-8-9-22-23(13-20)28-16-27-22/h4-9,11-14,16H,3,10,15H2,1-2H3,(H,26,29)(H,27,28). The van der Waals surface area contributed by atoms with Gasteiger partial charge in [-0.2, -0.15) is 0 Å². The molecule has 3 aromatic carbocycles. The number of nitrogens with zero attached hydrogens (tertiary/aromatic N) is 3. The van der Waals surface area contributed by atoms with Crippen LogP contribution in [0.15, 0.2) is 67.1 Å². The highest BCUT2D eigenvalue weighted by atomic mass is 15.1. The van der Waals surface area contributed by atoms with E-state index in [9.17, 15) is 0 Å². The Morgan fingerprint density at radius 2 is 1.60 bits per heavy atom. The van der Waals surface area contributed by atoms with Crippen molar-refractivity contribution in [3.63, 3.8) is 0 Å². The van der Waals surface area contributed by atoms with Gasteiger partial charge >= 0.3 is 0 Å². The molecule has 0 spiro atoms. The molecule has 150 valence electrons. The van der Waals surface area contributed by atoms with Gasteiger partial charge in [-0.1, -0.05) is 37.3 Å². The summed E-state index contributed by atoms with van der Waals surface area (Å²) in [6.45, 7) is 4.10. The number of rotatable bonds is 6. The molecule has 0 aliphatic heterocycles. The number of benzene rings is 3. The molecule has 0 fully saturated rings. The van der Waals surface area contributed by atoms with Crippen molar-refractivity contribution in [3.8, 4) is 22.4 Å². The van der Waals surface area contributed by atoms with Crippen LogP contribution in [0, 0.1) is 0 Å². The Hall–Kier alpha value is -3.44. The Labute approximate surface area is 175 Å². The largest absolute Gasteiger partial charge is 0.345 e. The van der Waals surface area contributed by atoms with Crippen LogP contribution in [0.5, 0.6) is 0 Å². The van der Waals surface area contributed by atoms with Crippen LogP contribution in [0.3, 0.4) is 0 Å². The summed E-state index contributed by atoms with van der Waals surface area (Å²) in [4.78, 5) is 17.8. The number of nitrogens with one attached hydrogen (secondary N) is 2. The fourth-order valence-corrected chi connectivity index (χ4v) is 4.01. The predicted molar refractivity (Wildman–Crippen MR) is 123 cm³/mol. The zero-order chi connectivity index (χ0) is 20.5. The molecule has 0 saturated heterocycles. The highest BCUT2D eigenvalue weighted by Crippen LogP contribution is 2.29. The topological polar surface area (TPSA) is 60.6 Å². The van der Waals surface area contributed by atoms with Crippen molar-refractivity contribution in [2.24, 2.45) is 0 Å². The summed E-state index contributed by atoms with van der Waals surface area (Å²) in [6.07, 6.45) is 4.82. The van der Waals surface area contributed by atoms with Gasteiger partial charge in [0.05, 0.1) is 35.8 Å². The maximum absolute atomic E-state index is 4.56. The maximum Gasteiger partial charge on any atom is 0.120 e. The minimum Gasteiger partial charge on any atom is -0.345 e. The average molecular weight is 396 g/mol. The Kier molecular flexibility index (Phi) is 4.81. The number of imidazole rings is 2. The van der Waals surface area contributed by atoms with Crippen molar-refractivity contribution in [1.29, 1.82) is 0 Å². The molecule has 0 saturated carbocycles. The van der Waals surface area contributed by atoms with E-state index in [-0.39, 0.29) is 0 Å². The first-order valence-electron chi connectivity index (χ1n) is 10.4. The molecule has 5 rings (SSSR count). The van der Waals surface area contributed by atoms with Gasteiger partial charge in [0.15, 0.2) is 0 Å². The summed E-state index contributed by atoms with van der Waals surface area (Å²) < 4.78 is 0. The second-order valence-electron chi connectivity index (χ2n) is 7.89. The summed E-state index contributed by atoms with van der Waals surface area (Å²) in [5.41, 5.74) is 6.66. The van der Waals surface area contributed by atoms with Crippen LogP contribution in [-0.2, 0) is 6.54 Å². The molecule has 30 heavy (non-hydrogen) atoms. The van der Waals surface area contributed by atoms with Crippen molar-refractivity contribution < 1.29 is 0 Å². The fraction of sp³-hybridized carbons (Fsp3) is 0.200. The zero-order valence-corrected chi connectivity index (χ0v) is 17.3. The van der Waals surface area contributed by atoms with E-state index < -0.39 is 0 Å². The van der Waals surface area contributed by atoms with Crippen LogP contribution in [0.4, 0.5) is 0 Å². The number of H-pyrrole nitrogens is 2. The molecule has 0 radical (unpaired) electrons. The Bertz CT molecular complexity index is 1310. The van der Waals surface area contributed by atoms with E-state index in [2.05, 4.69) is 93.4 Å². The van der Waals surface area contributed by atoms with Crippen molar-refractivity contribution in [2.75, 3.05) is 13.6 Å². The van der Waals surface area contributed by atoms with Gasteiger partial charge in [0.2, 0.25) is 0 Å². The van der Waals surface area contributed by atoms with E-state index in [0.29, 0.717) is 0 Å². The van der Waals surface area contributed by atoms with Crippen LogP contribution in [0.2, 0.25) is 0 Å². The SMILES string of the molecule is CCCN(C)Cc1ncc(-c2ccc3cc(-c4ccc5nc[nH]c5c4)ccc3c2)[nH]1. The summed E-state index contributed by atoms with van der Waals surface area (Å²) in [7, 11) is 2.13. The van der Waals surface area contributed by atoms with E-state index in [1.165, 1.54) is 21.9 Å². The van der Waals surface area contributed by atoms with Crippen molar-refractivity contribution in [3.05, 3.63) is 72.9 Å². The molecule has 5 aromatic rings. The third-order valence-electron chi connectivity index (χ3n) is 5.56. The van der Waals surface area contributed by atoms with Gasteiger partial charge in [-0.25, -0.2) is 9.97 Å². The first-order valence-corrected chi connectivity index (χ1v) is 10.4. The maximum atomic E-state index is 4.56. The smallest absolute Gasteiger partial charge is 0.120 e. The minimum absolute atomic E-state index is 0.839. The highest BCUT2D eigenvalue weighted by Gasteiger charge is 2.08. The molecule has 0 amide bonds. The zero-order valence-electron chi connectivity index (χ0n) is 17.3. The summed E-state index contributed by atoms with van der Waals surface area (Å²) in [6, 6.07) is 19.5. The summed E-state index contributed by atoms with van der Waals surface area (Å²) in [5, 5.41) is 2.45. The van der Waals surface area contributed by atoms with Crippen LogP contribution >= 0.6 is 0 Å². The fourth-order valence-electron chi connectivity index (χ4n) is 4.01. The molecule has 2 heterocycles. The van der Waals surface area contributed by atoms with E-state index in [1.54, 1.807) is 6.33 Å². The molecule has 0 atom stereocenters. The van der Waals surface area contributed by atoms with Gasteiger partial charge in [0, 0.05) is 5.56 Å². The third-order valence-corrected chi connectivity index (χ3v) is 5.56. The molecule has 0 aliphatic rings. The third kappa shape index (κ3) is 3.60. The van der Waals surface area contributed by atoms with Crippen LogP contribution < -0.4 is 0 Å². The molecule has 0 bridgehead atoms. The van der Waals surface area contributed by atoms with Crippen molar-refractivity contribution in [2.45, 2.75) is 19.9 Å². The number of hydrogen-bond acceptors (Lipinski definition) is 3. The molecule has 5 nitrogen and oxygen atoms in total. The Morgan fingerprint density at radius 1 is 0.867 bits per heavy atom. The number of hydrogen-bond donors (Lipinski definition) is 2. The number of aromatic amines is 2. The number of fused-ring (bicyclic) bond motifs is 2. The lowest BCUT2D eigenvalue weighted by Gasteiger charge is -2.13. The van der Waals surface area contributed by atoms with E-state index in [0.717, 1.165) is 47.6 Å². The Balaban J connectivity index is 1.42. The molecule has 5 heteroatoms. The van der Waals surface area contributed by atoms with E-state index in [1.807, 2.05) is 6.20 Å². The molecular formula is C25H25N5. The normalized spacial score (nSPS) is 11.7. The summed E-state index contributed by atoms with van der Waals surface area (Å²) in [5.74, 6) is 1.01. The van der Waals surface area contributed by atoms with Crippen molar-refractivity contribution >= 4 is 21.8 Å². The summed E-state index contributed by atoms with van der Waals surface area (Å²) >= 11 is 0. The quantitative estimate of drug-likeness (QED) is 0.392. The van der Waals surface area contributed by atoms with Gasteiger partial charge in [0.1, 0.15) is 5.82 Å². The highest BCUT2D eigenvalue weighted by molar-refractivity contribution is 5.91. The molecule has 2 N–H and O–H groups in total. The second-order valence-corrected chi connectivity index (χ2v) is 7.89. The van der Waals surface area contributed by atoms with Gasteiger partial charge < -0.3 is 9.97 Å². The average Bonchev–Trinajstić information content (AvgIpc) is 3.42. The van der Waals surface area contributed by atoms with Gasteiger partial charge in [-0.05, 0) is 66.2 Å². The minimum atomic E-state index is 0.839. The van der Waals surface area contributed by atoms with Crippen LogP contribution in [-0.4, -0.2) is 38.4 Å². The molecule has 0 aliphatic carbocycles. The molecular weight excluding hydrogens is 370 g/mol. The van der Waals surface area contributed by atoms with Gasteiger partial charge in [-0.15, -0.1) is 0 Å². The van der Waals surface area contributed by atoms with Gasteiger partial charge in [-0.3, -0.25) is 4.90 Å². The lowest BCUT2D eigenvalue weighted by Crippen LogP contribution is -2.19. The van der Waals surface area contributed by atoms with Gasteiger partial charge in [0.25, 0.3) is 0 Å². The molecule has 2 aromatic heterocycles. The van der Waals surface area contributed by atoms with E-state index >= 15 is 0 Å². The lowest BCUT2D eigenvalue weighted by atomic mass is 9.99. The van der Waals surface area contributed by atoms with Crippen LogP contribution in [0.1, 0.15) is 19.2 Å².